The number of rotatable bonds is 3. The van der Waals surface area contributed by atoms with Crippen LogP contribution in [-0.2, 0) is 9.59 Å². The van der Waals surface area contributed by atoms with Crippen LogP contribution in [0.3, 0.4) is 0 Å². The molecule has 5 aliphatic rings. The van der Waals surface area contributed by atoms with Gasteiger partial charge in [-0.05, 0) is 93.6 Å². The lowest BCUT2D eigenvalue weighted by Crippen LogP contribution is -2.55. The van der Waals surface area contributed by atoms with Gasteiger partial charge in [-0.3, -0.25) is 9.59 Å². The minimum Gasteiger partial charge on any atom is -0.326 e. The van der Waals surface area contributed by atoms with E-state index in [1.807, 2.05) is 12.1 Å². The van der Waals surface area contributed by atoms with Crippen LogP contribution in [-0.4, -0.2) is 22.8 Å². The van der Waals surface area contributed by atoms with Crippen molar-refractivity contribution in [1.29, 1.82) is 0 Å². The average molecular weight is 447 g/mol. The van der Waals surface area contributed by atoms with Crippen molar-refractivity contribution in [1.82, 2.24) is 4.90 Å². The van der Waals surface area contributed by atoms with Gasteiger partial charge in [0.05, 0.1) is 0 Å². The van der Waals surface area contributed by atoms with Crippen molar-refractivity contribution in [2.45, 2.75) is 84.6 Å². The second kappa shape index (κ2) is 7.45. The fourth-order valence-electron chi connectivity index (χ4n) is 8.42. The zero-order valence-electron chi connectivity index (χ0n) is 20.4. The summed E-state index contributed by atoms with van der Waals surface area (Å²) in [7, 11) is 0. The molecule has 176 valence electrons. The molecule has 1 aromatic carbocycles. The van der Waals surface area contributed by atoms with Crippen molar-refractivity contribution in [3.63, 3.8) is 0 Å². The van der Waals surface area contributed by atoms with Crippen LogP contribution >= 0.6 is 0 Å². The van der Waals surface area contributed by atoms with Gasteiger partial charge in [-0.25, -0.2) is 0 Å². The largest absolute Gasteiger partial charge is 0.326 e. The third-order valence-electron chi connectivity index (χ3n) is 10.4. The molecule has 6 atom stereocenters. The molecule has 4 heteroatoms. The Morgan fingerprint density at radius 3 is 2.48 bits per heavy atom. The van der Waals surface area contributed by atoms with Gasteiger partial charge in [-0.2, -0.15) is 0 Å². The summed E-state index contributed by atoms with van der Waals surface area (Å²) >= 11 is 0. The molecular weight excluding hydrogens is 408 g/mol. The van der Waals surface area contributed by atoms with E-state index in [9.17, 15) is 9.59 Å². The minimum absolute atomic E-state index is 0.0817. The molecule has 1 N–H and O–H groups in total. The van der Waals surface area contributed by atoms with E-state index >= 15 is 0 Å². The second-order valence-corrected chi connectivity index (χ2v) is 12.1. The SMILES string of the molecule is Cc1ccc(NC(=O)C2CC[C@H]3[C@@H]4CC=C5N(C6CC6)C(=O)CC[C@]5(C)[C@@H]4CC[C@]23C)cc1. The summed E-state index contributed by atoms with van der Waals surface area (Å²) in [6, 6.07) is 8.63. The first kappa shape index (κ1) is 21.4. The number of fused-ring (bicyclic) bond motifs is 5. The Morgan fingerprint density at radius 1 is 1.00 bits per heavy atom. The molecule has 2 amide bonds. The number of anilines is 1. The highest BCUT2D eigenvalue weighted by molar-refractivity contribution is 5.93. The molecule has 0 bridgehead atoms. The number of hydrogen-bond donors (Lipinski definition) is 1. The van der Waals surface area contributed by atoms with Crippen LogP contribution in [0.5, 0.6) is 0 Å². The summed E-state index contributed by atoms with van der Waals surface area (Å²) in [5.74, 6) is 2.55. The Labute approximate surface area is 198 Å². The fraction of sp³-hybridized carbons (Fsp3) is 0.655. The van der Waals surface area contributed by atoms with Crippen molar-refractivity contribution >= 4 is 17.5 Å². The molecule has 1 aliphatic heterocycles. The maximum absolute atomic E-state index is 13.4. The molecule has 4 aliphatic carbocycles. The van der Waals surface area contributed by atoms with Crippen LogP contribution in [0.2, 0.25) is 0 Å². The van der Waals surface area contributed by atoms with E-state index in [0.29, 0.717) is 36.1 Å². The van der Waals surface area contributed by atoms with Crippen LogP contribution in [0.1, 0.15) is 77.2 Å². The second-order valence-electron chi connectivity index (χ2n) is 12.1. The molecule has 0 radical (unpaired) electrons. The van der Waals surface area contributed by atoms with Gasteiger partial charge in [-0.1, -0.05) is 37.6 Å². The number of likely N-dealkylation sites (tertiary alicyclic amines) is 1. The van der Waals surface area contributed by atoms with Crippen LogP contribution in [0, 0.1) is 41.4 Å². The molecule has 1 heterocycles. The molecule has 4 nitrogen and oxygen atoms in total. The maximum atomic E-state index is 13.4. The lowest BCUT2D eigenvalue weighted by Gasteiger charge is -2.58. The van der Waals surface area contributed by atoms with Gasteiger partial charge in [0.15, 0.2) is 0 Å². The van der Waals surface area contributed by atoms with Gasteiger partial charge >= 0.3 is 0 Å². The lowest BCUT2D eigenvalue weighted by atomic mass is 9.49. The van der Waals surface area contributed by atoms with Crippen molar-refractivity contribution in [2.24, 2.45) is 34.5 Å². The molecule has 0 aromatic heterocycles. The summed E-state index contributed by atoms with van der Waals surface area (Å²) in [6.07, 6.45) is 12.1. The minimum atomic E-state index is 0.0817. The third-order valence-corrected chi connectivity index (χ3v) is 10.4. The highest BCUT2D eigenvalue weighted by atomic mass is 16.2. The molecule has 1 unspecified atom stereocenters. The Hall–Kier alpha value is -2.10. The highest BCUT2D eigenvalue weighted by Gasteiger charge is 2.61. The molecule has 4 fully saturated rings. The van der Waals surface area contributed by atoms with E-state index < -0.39 is 0 Å². The number of allylic oxidation sites excluding steroid dienone is 2. The van der Waals surface area contributed by atoms with Crippen molar-refractivity contribution < 1.29 is 9.59 Å². The van der Waals surface area contributed by atoms with E-state index in [2.05, 4.69) is 49.2 Å². The molecule has 1 aromatic rings. The van der Waals surface area contributed by atoms with Crippen LogP contribution in [0.25, 0.3) is 0 Å². The number of hydrogen-bond acceptors (Lipinski definition) is 2. The van der Waals surface area contributed by atoms with Gasteiger partial charge in [0.1, 0.15) is 0 Å². The Balaban J connectivity index is 1.25. The van der Waals surface area contributed by atoms with E-state index in [1.54, 1.807) is 0 Å². The van der Waals surface area contributed by atoms with Crippen molar-refractivity contribution in [3.05, 3.63) is 41.6 Å². The first-order valence-corrected chi connectivity index (χ1v) is 13.2. The monoisotopic (exact) mass is 446 g/mol. The number of carbonyl (C=O) groups excluding carboxylic acids is 2. The third kappa shape index (κ3) is 3.23. The van der Waals surface area contributed by atoms with Crippen LogP contribution < -0.4 is 5.32 Å². The Bertz CT molecular complexity index is 1010. The zero-order valence-corrected chi connectivity index (χ0v) is 20.4. The fourth-order valence-corrected chi connectivity index (χ4v) is 8.42. The zero-order chi connectivity index (χ0) is 23.0. The molecule has 33 heavy (non-hydrogen) atoms. The molecule has 0 spiro atoms. The molecule has 6 rings (SSSR count). The summed E-state index contributed by atoms with van der Waals surface area (Å²) in [4.78, 5) is 28.4. The van der Waals surface area contributed by atoms with Crippen LogP contribution in [0.4, 0.5) is 5.69 Å². The van der Waals surface area contributed by atoms with Gasteiger partial charge < -0.3 is 10.2 Å². The van der Waals surface area contributed by atoms with Crippen LogP contribution in [0.15, 0.2) is 36.0 Å². The number of amides is 2. The Morgan fingerprint density at radius 2 is 1.76 bits per heavy atom. The van der Waals surface area contributed by atoms with E-state index in [4.69, 9.17) is 0 Å². The van der Waals surface area contributed by atoms with Gasteiger partial charge in [0, 0.05) is 35.2 Å². The van der Waals surface area contributed by atoms with E-state index in [0.717, 1.165) is 37.8 Å². The predicted octanol–water partition coefficient (Wildman–Crippen LogP) is 6.07. The predicted molar refractivity (Wildman–Crippen MR) is 130 cm³/mol. The average Bonchev–Trinajstić information content (AvgIpc) is 3.56. The first-order valence-electron chi connectivity index (χ1n) is 13.2. The maximum Gasteiger partial charge on any atom is 0.228 e. The van der Waals surface area contributed by atoms with E-state index in [1.165, 1.54) is 30.5 Å². The lowest BCUT2D eigenvalue weighted by molar-refractivity contribution is -0.139. The Kier molecular flexibility index (Phi) is 4.84. The summed E-state index contributed by atoms with van der Waals surface area (Å²) < 4.78 is 0. The number of nitrogens with zero attached hydrogens (tertiary/aromatic N) is 1. The van der Waals surface area contributed by atoms with Gasteiger partial charge in [0.2, 0.25) is 11.8 Å². The summed E-state index contributed by atoms with van der Waals surface area (Å²) in [5.41, 5.74) is 3.69. The smallest absolute Gasteiger partial charge is 0.228 e. The molecule has 1 saturated heterocycles. The number of nitrogens with one attached hydrogen (secondary N) is 1. The number of aryl methyl sites for hydroxylation is 1. The van der Waals surface area contributed by atoms with Gasteiger partial charge in [-0.15, -0.1) is 0 Å². The summed E-state index contributed by atoms with van der Waals surface area (Å²) in [5, 5.41) is 3.23. The first-order chi connectivity index (χ1) is 15.8. The molecular formula is C29H38N2O2. The number of benzene rings is 1. The number of carbonyl (C=O) groups is 2. The van der Waals surface area contributed by atoms with Gasteiger partial charge in [0.25, 0.3) is 0 Å². The van der Waals surface area contributed by atoms with E-state index in [-0.39, 0.29) is 22.7 Å². The quantitative estimate of drug-likeness (QED) is 0.612. The number of piperidine rings is 1. The summed E-state index contributed by atoms with van der Waals surface area (Å²) in [6.45, 7) is 6.93. The standard InChI is InChI=1S/C29H38N2O2/c1-18-4-6-19(7-5-18)30-27(33)24-12-11-22-21-10-13-25-29(3,23(21)14-16-28(22,24)2)17-15-26(32)31(25)20-8-9-20/h4-7,13,20-24H,8-12,14-17H2,1-3H3,(H,30,33)/t21-,22-,23+,24?,28-,29+/m0/s1. The molecule has 3 saturated carbocycles. The highest BCUT2D eigenvalue weighted by Crippen LogP contribution is 2.66. The van der Waals surface area contributed by atoms with Crippen molar-refractivity contribution in [3.8, 4) is 0 Å². The normalized spacial score (nSPS) is 39.9. The van der Waals surface area contributed by atoms with Crippen molar-refractivity contribution in [2.75, 3.05) is 5.32 Å². The topological polar surface area (TPSA) is 49.4 Å².